The molecule has 1 amide bonds. The highest BCUT2D eigenvalue weighted by Gasteiger charge is 2.12. The molecule has 8 heteroatoms. The van der Waals surface area contributed by atoms with Crippen LogP contribution in [0, 0.1) is 0 Å². The zero-order valence-electron chi connectivity index (χ0n) is 15.9. The van der Waals surface area contributed by atoms with Crippen molar-refractivity contribution in [3.05, 3.63) is 74.8 Å². The number of H-pyrrole nitrogens is 1. The number of benzene rings is 2. The van der Waals surface area contributed by atoms with E-state index in [1.54, 1.807) is 48.5 Å². The van der Waals surface area contributed by atoms with E-state index < -0.39 is 11.1 Å². The molecule has 1 fully saturated rings. The van der Waals surface area contributed by atoms with Gasteiger partial charge in [-0.3, -0.25) is 23.9 Å². The molecule has 8 nitrogen and oxygen atoms in total. The summed E-state index contributed by atoms with van der Waals surface area (Å²) in [6.45, 7) is 4.55. The molecule has 2 aromatic carbocycles. The number of ether oxygens (including phenoxy) is 1. The Kier molecular flexibility index (Phi) is 5.55. The maximum absolute atomic E-state index is 12.4. The average Bonchev–Trinajstić information content (AvgIpc) is 2.75. The summed E-state index contributed by atoms with van der Waals surface area (Å²) < 4.78 is 6.67. The van der Waals surface area contributed by atoms with Crippen LogP contribution in [0.25, 0.3) is 16.7 Å². The Labute approximate surface area is 166 Å². The molecule has 2 N–H and O–H groups in total. The molecule has 1 aliphatic rings. The molecule has 1 aromatic heterocycles. The molecule has 4 rings (SSSR count). The van der Waals surface area contributed by atoms with E-state index in [1.165, 1.54) is 4.57 Å². The van der Waals surface area contributed by atoms with Crippen molar-refractivity contribution in [3.63, 3.8) is 0 Å². The van der Waals surface area contributed by atoms with E-state index >= 15 is 0 Å². The smallest absolute Gasteiger partial charge is 0.321 e. The number of hydrogen-bond donors (Lipinski definition) is 2. The van der Waals surface area contributed by atoms with Gasteiger partial charge in [0, 0.05) is 37.4 Å². The summed E-state index contributed by atoms with van der Waals surface area (Å²) in [5, 5.41) is 2.91. The number of carbonyl (C=O) groups is 1. The number of hydrogen-bond acceptors (Lipinski definition) is 5. The summed E-state index contributed by atoms with van der Waals surface area (Å²) >= 11 is 0. The van der Waals surface area contributed by atoms with Crippen LogP contribution >= 0.6 is 0 Å². The highest BCUT2D eigenvalue weighted by atomic mass is 16.5. The highest BCUT2D eigenvalue weighted by molar-refractivity contribution is 5.94. The minimum atomic E-state index is -0.686. The lowest BCUT2D eigenvalue weighted by atomic mass is 10.2. The number of nitrogens with zero attached hydrogens (tertiary/aromatic N) is 2. The van der Waals surface area contributed by atoms with Crippen LogP contribution in [0.15, 0.2) is 58.1 Å². The van der Waals surface area contributed by atoms with E-state index in [9.17, 15) is 14.4 Å². The lowest BCUT2D eigenvalue weighted by molar-refractivity contribution is 0.0383. The van der Waals surface area contributed by atoms with Gasteiger partial charge in [-0.05, 0) is 36.4 Å². The molecule has 0 bridgehead atoms. The van der Waals surface area contributed by atoms with Crippen molar-refractivity contribution in [1.29, 1.82) is 0 Å². The number of aromatic nitrogens is 2. The second-order valence-electron chi connectivity index (χ2n) is 6.87. The molecular formula is C21H22N4O4. The summed E-state index contributed by atoms with van der Waals surface area (Å²) in [4.78, 5) is 41.6. The van der Waals surface area contributed by atoms with Gasteiger partial charge in [0.15, 0.2) is 0 Å². The number of para-hydroxylation sites is 2. The molecule has 0 radical (unpaired) electrons. The van der Waals surface area contributed by atoms with Gasteiger partial charge in [0.1, 0.15) is 0 Å². The predicted molar refractivity (Wildman–Crippen MR) is 110 cm³/mol. The van der Waals surface area contributed by atoms with E-state index in [0.717, 1.165) is 32.8 Å². The van der Waals surface area contributed by atoms with Crippen molar-refractivity contribution in [1.82, 2.24) is 19.8 Å². The van der Waals surface area contributed by atoms with E-state index in [2.05, 4.69) is 15.2 Å². The zero-order valence-corrected chi connectivity index (χ0v) is 15.9. The molecule has 1 saturated heterocycles. The molecule has 1 aliphatic heterocycles. The topological polar surface area (TPSA) is 96.4 Å². The van der Waals surface area contributed by atoms with Crippen LogP contribution in [-0.2, 0) is 4.74 Å². The first-order chi connectivity index (χ1) is 14.1. The third kappa shape index (κ3) is 4.13. The Balaban J connectivity index is 1.50. The fourth-order valence-corrected chi connectivity index (χ4v) is 3.43. The Morgan fingerprint density at radius 1 is 1.03 bits per heavy atom. The van der Waals surface area contributed by atoms with E-state index in [4.69, 9.17) is 4.74 Å². The molecule has 2 heterocycles. The van der Waals surface area contributed by atoms with Gasteiger partial charge >= 0.3 is 11.1 Å². The van der Waals surface area contributed by atoms with Crippen LogP contribution in [0.3, 0.4) is 0 Å². The molecule has 150 valence electrons. The second-order valence-corrected chi connectivity index (χ2v) is 6.87. The van der Waals surface area contributed by atoms with Crippen LogP contribution in [0.4, 0.5) is 0 Å². The van der Waals surface area contributed by atoms with Gasteiger partial charge in [0.2, 0.25) is 0 Å². The van der Waals surface area contributed by atoms with Crippen LogP contribution < -0.4 is 16.4 Å². The zero-order chi connectivity index (χ0) is 20.2. The molecule has 3 aromatic rings. The SMILES string of the molecule is O=C(NCCN1CCOCC1)c1ccc(-n2c(=O)c(=O)[nH]c3ccccc32)cc1. The van der Waals surface area contributed by atoms with E-state index in [0.29, 0.717) is 28.8 Å². The Morgan fingerprint density at radius 3 is 2.52 bits per heavy atom. The number of nitrogens with one attached hydrogen (secondary N) is 2. The molecule has 0 aliphatic carbocycles. The van der Waals surface area contributed by atoms with Gasteiger partial charge in [-0.15, -0.1) is 0 Å². The van der Waals surface area contributed by atoms with Gasteiger partial charge < -0.3 is 15.0 Å². The van der Waals surface area contributed by atoms with Gasteiger partial charge in [-0.1, -0.05) is 12.1 Å². The third-order valence-corrected chi connectivity index (χ3v) is 5.00. The number of rotatable bonds is 5. The molecule has 0 atom stereocenters. The van der Waals surface area contributed by atoms with Gasteiger partial charge in [0.05, 0.1) is 24.2 Å². The normalized spacial score (nSPS) is 14.8. The summed E-state index contributed by atoms with van der Waals surface area (Å²) in [5.41, 5.74) is 0.849. The van der Waals surface area contributed by atoms with E-state index in [1.807, 2.05) is 0 Å². The number of carbonyl (C=O) groups excluding carboxylic acids is 1. The van der Waals surface area contributed by atoms with Crippen LogP contribution in [0.5, 0.6) is 0 Å². The Bertz CT molecular complexity index is 1130. The van der Waals surface area contributed by atoms with Crippen molar-refractivity contribution < 1.29 is 9.53 Å². The number of aromatic amines is 1. The van der Waals surface area contributed by atoms with Crippen molar-refractivity contribution in [2.24, 2.45) is 0 Å². The standard InChI is InChI=1S/C21H22N4O4/c26-19(22-9-10-24-11-13-29-14-12-24)15-5-7-16(8-6-15)25-18-4-2-1-3-17(18)23-20(27)21(25)28/h1-8H,9-14H2,(H,22,26)(H,23,27). The molecule has 29 heavy (non-hydrogen) atoms. The van der Waals surface area contributed by atoms with Crippen molar-refractivity contribution in [3.8, 4) is 5.69 Å². The fraction of sp³-hybridized carbons (Fsp3) is 0.286. The van der Waals surface area contributed by atoms with Gasteiger partial charge in [-0.25, -0.2) is 0 Å². The fourth-order valence-electron chi connectivity index (χ4n) is 3.43. The van der Waals surface area contributed by atoms with Gasteiger partial charge in [-0.2, -0.15) is 0 Å². The minimum Gasteiger partial charge on any atom is -0.379 e. The van der Waals surface area contributed by atoms with Crippen LogP contribution in [0.1, 0.15) is 10.4 Å². The Hall–Kier alpha value is -3.23. The predicted octanol–water partition coefficient (Wildman–Crippen LogP) is 0.741. The summed E-state index contributed by atoms with van der Waals surface area (Å²) in [6.07, 6.45) is 0. The highest BCUT2D eigenvalue weighted by Crippen LogP contribution is 2.14. The van der Waals surface area contributed by atoms with Crippen LogP contribution in [-0.4, -0.2) is 59.8 Å². The third-order valence-electron chi connectivity index (χ3n) is 5.00. The first kappa shape index (κ1) is 19.1. The van der Waals surface area contributed by atoms with Crippen molar-refractivity contribution in [2.45, 2.75) is 0 Å². The number of morpholine rings is 1. The molecule has 0 saturated carbocycles. The maximum atomic E-state index is 12.4. The molecule has 0 unspecified atom stereocenters. The maximum Gasteiger partial charge on any atom is 0.321 e. The lowest BCUT2D eigenvalue weighted by Crippen LogP contribution is -2.41. The Morgan fingerprint density at radius 2 is 1.76 bits per heavy atom. The second kappa shape index (κ2) is 8.42. The summed E-state index contributed by atoms with van der Waals surface area (Å²) in [7, 11) is 0. The molecular weight excluding hydrogens is 372 g/mol. The quantitative estimate of drug-likeness (QED) is 0.623. The summed E-state index contributed by atoms with van der Waals surface area (Å²) in [5.74, 6) is -0.173. The van der Waals surface area contributed by atoms with Crippen molar-refractivity contribution >= 4 is 16.9 Å². The van der Waals surface area contributed by atoms with Crippen molar-refractivity contribution in [2.75, 3.05) is 39.4 Å². The number of fused-ring (bicyclic) bond motifs is 1. The monoisotopic (exact) mass is 394 g/mol. The largest absolute Gasteiger partial charge is 0.379 e. The van der Waals surface area contributed by atoms with Crippen LogP contribution in [0.2, 0.25) is 0 Å². The number of amides is 1. The first-order valence-corrected chi connectivity index (χ1v) is 9.56. The summed E-state index contributed by atoms with van der Waals surface area (Å²) in [6, 6.07) is 13.7. The first-order valence-electron chi connectivity index (χ1n) is 9.56. The molecule has 0 spiro atoms. The van der Waals surface area contributed by atoms with E-state index in [-0.39, 0.29) is 5.91 Å². The minimum absolute atomic E-state index is 0.173. The lowest BCUT2D eigenvalue weighted by Gasteiger charge is -2.26. The average molecular weight is 394 g/mol. The van der Waals surface area contributed by atoms with Gasteiger partial charge in [0.25, 0.3) is 5.91 Å².